The third kappa shape index (κ3) is 10.2. The lowest BCUT2D eigenvalue weighted by molar-refractivity contribution is -0.376. The zero-order chi connectivity index (χ0) is 40.0. The summed E-state index contributed by atoms with van der Waals surface area (Å²) in [6.45, 7) is -0.278. The molecular formula is C36H46O19. The van der Waals surface area contributed by atoms with Gasteiger partial charge in [0.1, 0.15) is 66.8 Å². The molecule has 0 bridgehead atoms. The Balaban J connectivity index is 1.33. The van der Waals surface area contributed by atoms with Gasteiger partial charge in [0, 0.05) is 6.08 Å². The Labute approximate surface area is 314 Å². The van der Waals surface area contributed by atoms with Crippen LogP contribution in [-0.2, 0) is 38.0 Å². The minimum Gasteiger partial charge on any atom is -0.508 e. The summed E-state index contributed by atoms with van der Waals surface area (Å²) in [6.07, 6.45) is -18.9. The van der Waals surface area contributed by atoms with Crippen LogP contribution in [0, 0.1) is 0 Å². The lowest BCUT2D eigenvalue weighted by Gasteiger charge is -2.48. The van der Waals surface area contributed by atoms with Crippen molar-refractivity contribution in [2.75, 3.05) is 19.8 Å². The van der Waals surface area contributed by atoms with Gasteiger partial charge in [-0.15, -0.1) is 0 Å². The molecule has 2 aromatic carbocycles. The van der Waals surface area contributed by atoms with Gasteiger partial charge in [0.25, 0.3) is 0 Å². The van der Waals surface area contributed by atoms with E-state index in [9.17, 15) is 61.0 Å². The molecule has 3 fully saturated rings. The molecular weight excluding hydrogens is 736 g/mol. The molecule has 3 aliphatic rings. The van der Waals surface area contributed by atoms with Crippen LogP contribution in [0.5, 0.6) is 17.2 Å². The van der Waals surface area contributed by atoms with Gasteiger partial charge in [0.05, 0.1) is 25.9 Å². The highest BCUT2D eigenvalue weighted by molar-refractivity contribution is 5.87. The number of aliphatic hydroxyl groups excluding tert-OH is 8. The van der Waals surface area contributed by atoms with Crippen molar-refractivity contribution in [3.05, 3.63) is 65.7 Å². The van der Waals surface area contributed by atoms with Gasteiger partial charge < -0.3 is 89.3 Å². The van der Waals surface area contributed by atoms with Crippen molar-refractivity contribution < 1.29 is 94.1 Å². The first-order valence-electron chi connectivity index (χ1n) is 17.3. The quantitative estimate of drug-likeness (QED) is 0.0572. The molecule has 0 aliphatic carbocycles. The van der Waals surface area contributed by atoms with E-state index in [1.807, 2.05) is 0 Å². The maximum Gasteiger partial charge on any atom is 0.331 e. The number of carbonyl (C=O) groups excluding carboxylic acids is 1. The molecule has 3 heterocycles. The van der Waals surface area contributed by atoms with Crippen molar-refractivity contribution in [3.8, 4) is 17.2 Å². The summed E-state index contributed by atoms with van der Waals surface area (Å²) in [7, 11) is 0. The average molecular weight is 783 g/mol. The molecule has 2 aromatic rings. The van der Waals surface area contributed by atoms with Gasteiger partial charge >= 0.3 is 5.97 Å². The van der Waals surface area contributed by atoms with Crippen LogP contribution in [0.1, 0.15) is 18.1 Å². The van der Waals surface area contributed by atoms with E-state index in [2.05, 4.69) is 0 Å². The summed E-state index contributed by atoms with van der Waals surface area (Å²) in [5.41, 5.74) is 1.02. The molecule has 0 radical (unpaired) electrons. The molecule has 15 atom stereocenters. The molecule has 55 heavy (non-hydrogen) atoms. The number of rotatable bonds is 13. The fourth-order valence-electron chi connectivity index (χ4n) is 6.17. The lowest BCUT2D eigenvalue weighted by Crippen LogP contribution is -2.66. The van der Waals surface area contributed by atoms with Crippen molar-refractivity contribution >= 4 is 18.1 Å². The summed E-state index contributed by atoms with van der Waals surface area (Å²) in [5, 5.41) is 113. The second-order valence-electron chi connectivity index (χ2n) is 13.1. The van der Waals surface area contributed by atoms with Crippen molar-refractivity contribution in [2.45, 2.75) is 99.0 Å². The minimum atomic E-state index is -1.94. The zero-order valence-electron chi connectivity index (χ0n) is 29.3. The van der Waals surface area contributed by atoms with Gasteiger partial charge in [0.15, 0.2) is 36.5 Å². The fraction of sp³-hybridized carbons (Fsp3) is 0.528. The van der Waals surface area contributed by atoms with Crippen molar-refractivity contribution in [1.82, 2.24) is 0 Å². The van der Waals surface area contributed by atoms with Gasteiger partial charge in [-0.25, -0.2) is 4.79 Å². The van der Waals surface area contributed by atoms with E-state index in [-0.39, 0.29) is 18.1 Å². The molecule has 5 rings (SSSR count). The minimum absolute atomic E-state index is 0.0736. The number of aliphatic hydroxyl groups is 8. The Morgan fingerprint density at radius 1 is 0.655 bits per heavy atom. The number of benzene rings is 2. The zero-order valence-corrected chi connectivity index (χ0v) is 29.3. The van der Waals surface area contributed by atoms with Crippen LogP contribution in [0.4, 0.5) is 0 Å². The molecule has 0 amide bonds. The molecule has 0 spiro atoms. The molecule has 304 valence electrons. The Morgan fingerprint density at radius 2 is 1.27 bits per heavy atom. The number of hydrogen-bond donors (Lipinski definition) is 11. The van der Waals surface area contributed by atoms with E-state index in [1.165, 1.54) is 43.3 Å². The molecule has 3 aliphatic heterocycles. The van der Waals surface area contributed by atoms with Gasteiger partial charge in [-0.2, -0.15) is 0 Å². The van der Waals surface area contributed by atoms with Crippen molar-refractivity contribution in [1.29, 1.82) is 0 Å². The van der Waals surface area contributed by atoms with E-state index in [1.54, 1.807) is 24.3 Å². The van der Waals surface area contributed by atoms with Gasteiger partial charge in [-0.3, -0.25) is 0 Å². The third-order valence-electron chi connectivity index (χ3n) is 9.23. The SMILES string of the molecule is C[C@@H]1O[C@@H](O[C@@H]2[C@@H](O)[C@H](OCC=Cc3ccc(O)cc3)O[C@H](CO)[C@H]2OC(=O)C=Cc2ccc(O)c(O)c2)[C@H](O)[C@H](O)[C@H]1O[C@@H]1O[C@H](CO)[C@@H](O)[C@H](O)[C@H]1O. The van der Waals surface area contributed by atoms with Crippen LogP contribution in [0.2, 0.25) is 0 Å². The van der Waals surface area contributed by atoms with E-state index in [4.69, 9.17) is 33.2 Å². The number of aromatic hydroxyl groups is 3. The fourth-order valence-corrected chi connectivity index (χ4v) is 6.17. The maximum atomic E-state index is 13.0. The molecule has 0 aromatic heterocycles. The van der Waals surface area contributed by atoms with Crippen molar-refractivity contribution in [3.63, 3.8) is 0 Å². The number of hydrogen-bond acceptors (Lipinski definition) is 19. The second-order valence-corrected chi connectivity index (χ2v) is 13.1. The second kappa shape index (κ2) is 18.9. The third-order valence-corrected chi connectivity index (χ3v) is 9.23. The first-order valence-corrected chi connectivity index (χ1v) is 17.3. The van der Waals surface area contributed by atoms with E-state index in [0.29, 0.717) is 11.1 Å². The smallest absolute Gasteiger partial charge is 0.331 e. The Hall–Kier alpha value is -3.77. The normalized spacial score (nSPS) is 37.0. The predicted molar refractivity (Wildman–Crippen MR) is 183 cm³/mol. The first kappa shape index (κ1) is 42.4. The summed E-state index contributed by atoms with van der Waals surface area (Å²) < 4.78 is 39.8. The Bertz CT molecular complexity index is 1600. The van der Waals surface area contributed by atoms with Crippen LogP contribution in [-0.4, -0.2) is 174 Å². The molecule has 3 saturated heterocycles. The summed E-state index contributed by atoms with van der Waals surface area (Å²) >= 11 is 0. The van der Waals surface area contributed by atoms with Crippen LogP contribution in [0.3, 0.4) is 0 Å². The Kier molecular flexibility index (Phi) is 14.6. The highest BCUT2D eigenvalue weighted by atomic mass is 16.8. The number of carbonyl (C=O) groups is 1. The first-order chi connectivity index (χ1) is 26.2. The molecule has 0 unspecified atom stereocenters. The largest absolute Gasteiger partial charge is 0.508 e. The molecule has 0 saturated carbocycles. The highest BCUT2D eigenvalue weighted by Crippen LogP contribution is 2.34. The number of esters is 1. The Morgan fingerprint density at radius 3 is 1.95 bits per heavy atom. The van der Waals surface area contributed by atoms with Crippen LogP contribution >= 0.6 is 0 Å². The van der Waals surface area contributed by atoms with E-state index in [0.717, 1.165) is 6.08 Å². The van der Waals surface area contributed by atoms with Gasteiger partial charge in [-0.05, 0) is 48.4 Å². The van der Waals surface area contributed by atoms with Gasteiger partial charge in [-0.1, -0.05) is 30.4 Å². The topological polar surface area (TPSA) is 304 Å². The lowest BCUT2D eigenvalue weighted by atomic mass is 9.96. The number of phenolic OH excluding ortho intramolecular Hbond substituents is 3. The highest BCUT2D eigenvalue weighted by Gasteiger charge is 2.54. The standard InChI is InChI=1S/C36H46O19/c1-16-31(54-36-28(46)26(44)25(43)22(14-37)51-36)27(45)29(47)35(50-16)55-33-30(48)34(49-12-2-3-17-4-8-19(39)9-5-17)52-23(15-38)32(33)53-24(42)11-7-18-6-10-20(40)21(41)13-18/h2-11,13,16,22-23,25-41,43-48H,12,14-15H2,1H3/t16-,22+,23+,25+,26-,27-,28+,29+,30+,31-,32+,33+,34+,35-,36-/m0/s1. The average Bonchev–Trinajstić information content (AvgIpc) is 3.17. The molecule has 19 heteroatoms. The van der Waals surface area contributed by atoms with Crippen LogP contribution in [0.25, 0.3) is 12.2 Å². The van der Waals surface area contributed by atoms with Crippen LogP contribution < -0.4 is 0 Å². The van der Waals surface area contributed by atoms with E-state index >= 15 is 0 Å². The van der Waals surface area contributed by atoms with E-state index < -0.39 is 117 Å². The van der Waals surface area contributed by atoms with Crippen molar-refractivity contribution in [2.24, 2.45) is 0 Å². The number of phenols is 3. The maximum absolute atomic E-state index is 13.0. The van der Waals surface area contributed by atoms with Crippen LogP contribution in [0.15, 0.2) is 54.6 Å². The predicted octanol–water partition coefficient (Wildman–Crippen LogP) is -2.43. The monoisotopic (exact) mass is 782 g/mol. The number of ether oxygens (including phenoxy) is 7. The molecule has 11 N–H and O–H groups in total. The summed E-state index contributed by atoms with van der Waals surface area (Å²) in [6, 6.07) is 10.0. The summed E-state index contributed by atoms with van der Waals surface area (Å²) in [5.74, 6) is -1.78. The summed E-state index contributed by atoms with van der Waals surface area (Å²) in [4.78, 5) is 13.0. The molecule has 19 nitrogen and oxygen atoms in total. The van der Waals surface area contributed by atoms with Gasteiger partial charge in [0.2, 0.25) is 0 Å².